The van der Waals surface area contributed by atoms with E-state index in [9.17, 15) is 4.79 Å². The minimum absolute atomic E-state index is 0.368. The molecule has 0 bridgehead atoms. The summed E-state index contributed by atoms with van der Waals surface area (Å²) in [4.78, 5) is 14.9. The number of hydrogen-bond donors (Lipinski definition) is 1. The van der Waals surface area contributed by atoms with Crippen molar-refractivity contribution in [1.82, 2.24) is 10.2 Å². The number of rotatable bonds is 2. The highest BCUT2D eigenvalue weighted by Gasteiger charge is 2.58. The van der Waals surface area contributed by atoms with E-state index in [0.717, 1.165) is 32.1 Å². The average Bonchev–Trinajstić information content (AvgIpc) is 3.18. The third-order valence-electron chi connectivity index (χ3n) is 5.82. The van der Waals surface area contributed by atoms with Gasteiger partial charge in [0.05, 0.1) is 0 Å². The first kappa shape index (κ1) is 13.4. The lowest BCUT2D eigenvalue weighted by molar-refractivity contribution is -0.133. The van der Waals surface area contributed by atoms with Crippen molar-refractivity contribution in [2.24, 2.45) is 17.3 Å². The molecule has 2 atom stereocenters. The number of carbonyl (C=O) groups excluding carboxylic acids is 1. The molecule has 0 aromatic rings. The summed E-state index contributed by atoms with van der Waals surface area (Å²) in [5.41, 5.74) is 0.402. The second kappa shape index (κ2) is 5.43. The average molecular weight is 264 g/mol. The molecule has 3 nitrogen and oxygen atoms in total. The van der Waals surface area contributed by atoms with Gasteiger partial charge in [-0.05, 0) is 62.9 Å². The van der Waals surface area contributed by atoms with Gasteiger partial charge in [0.1, 0.15) is 0 Å². The SMILES string of the molecule is CC[C@@H]1CCCN(C(=O)[C@@H]2CC23CCNCC3)CC1. The van der Waals surface area contributed by atoms with E-state index in [0.29, 0.717) is 17.2 Å². The summed E-state index contributed by atoms with van der Waals surface area (Å²) in [6.07, 6.45) is 8.64. The lowest BCUT2D eigenvalue weighted by atomic mass is 9.91. The van der Waals surface area contributed by atoms with E-state index in [-0.39, 0.29) is 0 Å². The smallest absolute Gasteiger partial charge is 0.226 e. The molecular formula is C16H28N2O. The highest BCUT2D eigenvalue weighted by molar-refractivity contribution is 5.82. The van der Waals surface area contributed by atoms with Crippen LogP contribution in [0, 0.1) is 17.3 Å². The highest BCUT2D eigenvalue weighted by Crippen LogP contribution is 2.59. The maximum absolute atomic E-state index is 12.7. The van der Waals surface area contributed by atoms with Gasteiger partial charge in [-0.3, -0.25) is 4.79 Å². The van der Waals surface area contributed by atoms with Crippen molar-refractivity contribution in [2.75, 3.05) is 26.2 Å². The fourth-order valence-corrected chi connectivity index (χ4v) is 4.19. The summed E-state index contributed by atoms with van der Waals surface area (Å²) >= 11 is 0. The van der Waals surface area contributed by atoms with Crippen LogP contribution < -0.4 is 5.32 Å². The Labute approximate surface area is 117 Å². The Balaban J connectivity index is 1.56. The highest BCUT2D eigenvalue weighted by atomic mass is 16.2. The Kier molecular flexibility index (Phi) is 3.84. The molecule has 3 aliphatic rings. The summed E-state index contributed by atoms with van der Waals surface area (Å²) in [5.74, 6) is 1.70. The van der Waals surface area contributed by atoms with Crippen LogP contribution in [0.25, 0.3) is 0 Å². The molecule has 0 unspecified atom stereocenters. The molecule has 0 radical (unpaired) electrons. The summed E-state index contributed by atoms with van der Waals surface area (Å²) in [6.45, 7) is 6.54. The van der Waals surface area contributed by atoms with Crippen LogP contribution in [0.3, 0.4) is 0 Å². The Morgan fingerprint density at radius 3 is 2.79 bits per heavy atom. The summed E-state index contributed by atoms with van der Waals surface area (Å²) in [6, 6.07) is 0. The molecule has 3 heteroatoms. The van der Waals surface area contributed by atoms with E-state index in [1.165, 1.54) is 44.9 Å². The van der Waals surface area contributed by atoms with Crippen molar-refractivity contribution in [3.63, 3.8) is 0 Å². The van der Waals surface area contributed by atoms with Crippen molar-refractivity contribution < 1.29 is 4.79 Å². The van der Waals surface area contributed by atoms with Crippen molar-refractivity contribution in [3.05, 3.63) is 0 Å². The van der Waals surface area contributed by atoms with Gasteiger partial charge in [-0.2, -0.15) is 0 Å². The van der Waals surface area contributed by atoms with E-state index < -0.39 is 0 Å². The predicted molar refractivity (Wildman–Crippen MR) is 76.9 cm³/mol. The van der Waals surface area contributed by atoms with E-state index >= 15 is 0 Å². The van der Waals surface area contributed by atoms with Gasteiger partial charge in [-0.15, -0.1) is 0 Å². The zero-order valence-corrected chi connectivity index (χ0v) is 12.3. The largest absolute Gasteiger partial charge is 0.342 e. The lowest BCUT2D eigenvalue weighted by Gasteiger charge is -2.26. The van der Waals surface area contributed by atoms with Gasteiger partial charge in [0.15, 0.2) is 0 Å². The zero-order chi connectivity index (χ0) is 13.3. The number of piperidine rings is 1. The summed E-state index contributed by atoms with van der Waals surface area (Å²) < 4.78 is 0. The standard InChI is InChI=1S/C16H28N2O/c1-2-13-4-3-10-18(11-5-13)15(19)14-12-16(14)6-8-17-9-7-16/h13-14,17H,2-12H2,1H3/t13-,14+/m1/s1. The molecule has 19 heavy (non-hydrogen) atoms. The monoisotopic (exact) mass is 264 g/mol. The molecule has 0 aromatic heterocycles. The van der Waals surface area contributed by atoms with Gasteiger partial charge in [0.25, 0.3) is 0 Å². The van der Waals surface area contributed by atoms with Crippen LogP contribution in [0.1, 0.15) is 51.9 Å². The maximum atomic E-state index is 12.7. The van der Waals surface area contributed by atoms with Gasteiger partial charge < -0.3 is 10.2 Å². The molecule has 1 saturated carbocycles. The molecule has 2 saturated heterocycles. The molecule has 2 aliphatic heterocycles. The molecule has 1 spiro atoms. The second-order valence-corrected chi connectivity index (χ2v) is 6.90. The Bertz CT molecular complexity index is 336. The number of nitrogens with one attached hydrogen (secondary N) is 1. The first-order valence-electron chi connectivity index (χ1n) is 8.25. The maximum Gasteiger partial charge on any atom is 0.226 e. The topological polar surface area (TPSA) is 32.3 Å². The Morgan fingerprint density at radius 1 is 1.26 bits per heavy atom. The molecule has 0 aromatic carbocycles. The van der Waals surface area contributed by atoms with Crippen LogP contribution in [0.4, 0.5) is 0 Å². The fraction of sp³-hybridized carbons (Fsp3) is 0.938. The van der Waals surface area contributed by atoms with E-state index in [1.54, 1.807) is 0 Å². The van der Waals surface area contributed by atoms with Crippen molar-refractivity contribution >= 4 is 5.91 Å². The summed E-state index contributed by atoms with van der Waals surface area (Å²) in [5, 5.41) is 3.42. The minimum atomic E-state index is 0.368. The lowest BCUT2D eigenvalue weighted by Crippen LogP contribution is -2.37. The fourth-order valence-electron chi connectivity index (χ4n) is 4.19. The van der Waals surface area contributed by atoms with Gasteiger partial charge in [0.2, 0.25) is 5.91 Å². The van der Waals surface area contributed by atoms with Crippen LogP contribution in [0.2, 0.25) is 0 Å². The van der Waals surface area contributed by atoms with Crippen LogP contribution in [0.15, 0.2) is 0 Å². The van der Waals surface area contributed by atoms with E-state index in [4.69, 9.17) is 0 Å². The first-order chi connectivity index (χ1) is 9.25. The van der Waals surface area contributed by atoms with Crippen LogP contribution in [0.5, 0.6) is 0 Å². The third kappa shape index (κ3) is 2.67. The third-order valence-corrected chi connectivity index (χ3v) is 5.82. The number of nitrogens with zero attached hydrogens (tertiary/aromatic N) is 1. The number of likely N-dealkylation sites (tertiary alicyclic amines) is 1. The Hall–Kier alpha value is -0.570. The van der Waals surface area contributed by atoms with Crippen molar-refractivity contribution in [3.8, 4) is 0 Å². The van der Waals surface area contributed by atoms with Gasteiger partial charge in [-0.25, -0.2) is 0 Å². The van der Waals surface area contributed by atoms with Crippen LogP contribution >= 0.6 is 0 Å². The van der Waals surface area contributed by atoms with Gasteiger partial charge >= 0.3 is 0 Å². The molecule has 3 fully saturated rings. The molecular weight excluding hydrogens is 236 g/mol. The van der Waals surface area contributed by atoms with Crippen LogP contribution in [-0.4, -0.2) is 37.0 Å². The van der Waals surface area contributed by atoms with Crippen molar-refractivity contribution in [2.45, 2.75) is 51.9 Å². The van der Waals surface area contributed by atoms with E-state index in [1.807, 2.05) is 0 Å². The molecule has 1 amide bonds. The van der Waals surface area contributed by atoms with Crippen molar-refractivity contribution in [1.29, 1.82) is 0 Å². The molecule has 2 heterocycles. The normalized spacial score (nSPS) is 34.1. The van der Waals surface area contributed by atoms with Crippen LogP contribution in [-0.2, 0) is 4.79 Å². The molecule has 1 aliphatic carbocycles. The second-order valence-electron chi connectivity index (χ2n) is 6.90. The molecule has 108 valence electrons. The van der Waals surface area contributed by atoms with Gasteiger partial charge in [-0.1, -0.05) is 13.3 Å². The molecule has 1 N–H and O–H groups in total. The van der Waals surface area contributed by atoms with Gasteiger partial charge in [0, 0.05) is 19.0 Å². The van der Waals surface area contributed by atoms with E-state index in [2.05, 4.69) is 17.1 Å². The quantitative estimate of drug-likeness (QED) is 0.830. The number of carbonyl (C=O) groups is 1. The minimum Gasteiger partial charge on any atom is -0.342 e. The Morgan fingerprint density at radius 2 is 2.05 bits per heavy atom. The predicted octanol–water partition coefficient (Wildman–Crippen LogP) is 2.41. The zero-order valence-electron chi connectivity index (χ0n) is 12.3. The number of hydrogen-bond acceptors (Lipinski definition) is 2. The first-order valence-corrected chi connectivity index (χ1v) is 8.25. The molecule has 3 rings (SSSR count). The number of amides is 1. The summed E-state index contributed by atoms with van der Waals surface area (Å²) in [7, 11) is 0.